The molecule has 0 fully saturated rings. The third kappa shape index (κ3) is 2.37. The molecule has 1 amide bonds. The number of carbonyl (C=O) groups is 1. The molecule has 0 unspecified atom stereocenters. The van der Waals surface area contributed by atoms with E-state index in [1.54, 1.807) is 16.8 Å². The van der Waals surface area contributed by atoms with Gasteiger partial charge in [0.25, 0.3) is 0 Å². The number of carbonyl (C=O) groups excluding carboxylic acids is 1. The number of ether oxygens (including phenoxy) is 1. The fourth-order valence-electron chi connectivity index (χ4n) is 1.81. The van der Waals surface area contributed by atoms with Gasteiger partial charge in [0, 0.05) is 12.6 Å². The number of benzene rings is 1. The Morgan fingerprint density at radius 2 is 2.05 bits per heavy atom. The summed E-state index contributed by atoms with van der Waals surface area (Å²) in [4.78, 5) is 11.0. The molecule has 0 spiro atoms. The first-order chi connectivity index (χ1) is 8.90. The van der Waals surface area contributed by atoms with Crippen molar-refractivity contribution in [2.45, 2.75) is 13.8 Å². The van der Waals surface area contributed by atoms with Gasteiger partial charge in [0.1, 0.15) is 5.69 Å². The second-order valence-electron chi connectivity index (χ2n) is 4.34. The second kappa shape index (κ2) is 4.64. The third-order valence-electron chi connectivity index (χ3n) is 2.95. The van der Waals surface area contributed by atoms with E-state index in [0.717, 1.165) is 11.4 Å². The highest BCUT2D eigenvalue weighted by atomic mass is 16.5. The van der Waals surface area contributed by atoms with Crippen LogP contribution in [-0.4, -0.2) is 15.7 Å². The van der Waals surface area contributed by atoms with Gasteiger partial charge in [-0.2, -0.15) is 5.10 Å². The van der Waals surface area contributed by atoms with Crippen LogP contribution in [0.1, 0.15) is 21.7 Å². The van der Waals surface area contributed by atoms with Gasteiger partial charge < -0.3 is 16.2 Å². The summed E-state index contributed by atoms with van der Waals surface area (Å²) in [5.41, 5.74) is 13.4. The largest absolute Gasteiger partial charge is 0.451 e. The monoisotopic (exact) mass is 260 g/mol. The van der Waals surface area contributed by atoms with Gasteiger partial charge in [-0.1, -0.05) is 0 Å². The lowest BCUT2D eigenvalue weighted by atomic mass is 10.2. The van der Waals surface area contributed by atoms with E-state index in [-0.39, 0.29) is 0 Å². The number of hydrogen-bond donors (Lipinski definition) is 2. The van der Waals surface area contributed by atoms with Crippen LogP contribution in [0.25, 0.3) is 0 Å². The minimum Gasteiger partial charge on any atom is -0.451 e. The standard InChI is InChI=1S/C13H16N4O2/c1-7-12(8(2)17(3)16-7)19-11-5-4-9(13(15)18)6-10(11)14/h4-6H,14H2,1-3H3,(H2,15,18). The minimum atomic E-state index is -0.521. The lowest BCUT2D eigenvalue weighted by molar-refractivity contribution is 0.100. The maximum Gasteiger partial charge on any atom is 0.248 e. The summed E-state index contributed by atoms with van der Waals surface area (Å²) in [6.45, 7) is 3.76. The van der Waals surface area contributed by atoms with Crippen molar-refractivity contribution in [2.75, 3.05) is 5.73 Å². The molecule has 1 heterocycles. The van der Waals surface area contributed by atoms with Gasteiger partial charge in [-0.25, -0.2) is 0 Å². The van der Waals surface area contributed by atoms with Crippen LogP contribution >= 0.6 is 0 Å². The highest BCUT2D eigenvalue weighted by molar-refractivity contribution is 5.94. The third-order valence-corrected chi connectivity index (χ3v) is 2.95. The highest BCUT2D eigenvalue weighted by Crippen LogP contribution is 2.32. The van der Waals surface area contributed by atoms with Crippen molar-refractivity contribution in [3.05, 3.63) is 35.2 Å². The fourth-order valence-corrected chi connectivity index (χ4v) is 1.81. The molecule has 0 aliphatic carbocycles. The summed E-state index contributed by atoms with van der Waals surface area (Å²) in [6, 6.07) is 4.70. The average Bonchev–Trinajstić information content (AvgIpc) is 2.58. The molecule has 6 nitrogen and oxygen atoms in total. The van der Waals surface area contributed by atoms with Crippen LogP contribution in [0.15, 0.2) is 18.2 Å². The zero-order valence-corrected chi connectivity index (χ0v) is 11.1. The molecule has 100 valence electrons. The van der Waals surface area contributed by atoms with Crippen LogP contribution < -0.4 is 16.2 Å². The first-order valence-corrected chi connectivity index (χ1v) is 5.77. The smallest absolute Gasteiger partial charge is 0.248 e. The molecule has 0 atom stereocenters. The molecule has 0 bridgehead atoms. The van der Waals surface area contributed by atoms with Crippen molar-refractivity contribution in [3.8, 4) is 11.5 Å². The number of rotatable bonds is 3. The Labute approximate surface area is 111 Å². The van der Waals surface area contributed by atoms with Crippen LogP contribution in [0, 0.1) is 13.8 Å². The molecule has 0 aliphatic heterocycles. The van der Waals surface area contributed by atoms with Crippen molar-refractivity contribution < 1.29 is 9.53 Å². The lowest BCUT2D eigenvalue weighted by Crippen LogP contribution is -2.11. The Kier molecular flexibility index (Phi) is 3.16. The first kappa shape index (κ1) is 12.9. The number of nitrogens with two attached hydrogens (primary N) is 2. The predicted octanol–water partition coefficient (Wildman–Crippen LogP) is 1.51. The van der Waals surface area contributed by atoms with E-state index in [4.69, 9.17) is 16.2 Å². The van der Waals surface area contributed by atoms with Gasteiger partial charge >= 0.3 is 0 Å². The van der Waals surface area contributed by atoms with Gasteiger partial charge in [-0.05, 0) is 32.0 Å². The van der Waals surface area contributed by atoms with Crippen LogP contribution in [0.5, 0.6) is 11.5 Å². The zero-order chi connectivity index (χ0) is 14.2. The number of nitrogen functional groups attached to an aromatic ring is 1. The summed E-state index contributed by atoms with van der Waals surface area (Å²) >= 11 is 0. The average molecular weight is 260 g/mol. The molecule has 6 heteroatoms. The van der Waals surface area contributed by atoms with Crippen molar-refractivity contribution in [1.29, 1.82) is 0 Å². The van der Waals surface area contributed by atoms with E-state index in [1.165, 1.54) is 6.07 Å². The van der Waals surface area contributed by atoms with Crippen molar-refractivity contribution in [1.82, 2.24) is 9.78 Å². The number of anilines is 1. The topological polar surface area (TPSA) is 96.2 Å². The molecular weight excluding hydrogens is 244 g/mol. The second-order valence-corrected chi connectivity index (χ2v) is 4.34. The summed E-state index contributed by atoms with van der Waals surface area (Å²) in [5.74, 6) is 0.622. The Morgan fingerprint density at radius 3 is 2.53 bits per heavy atom. The highest BCUT2D eigenvalue weighted by Gasteiger charge is 2.13. The van der Waals surface area contributed by atoms with Crippen molar-refractivity contribution in [2.24, 2.45) is 12.8 Å². The summed E-state index contributed by atoms with van der Waals surface area (Å²) in [5, 5.41) is 4.26. The van der Waals surface area contributed by atoms with E-state index in [2.05, 4.69) is 5.10 Å². The molecule has 0 saturated heterocycles. The molecule has 19 heavy (non-hydrogen) atoms. The Balaban J connectivity index is 2.36. The van der Waals surface area contributed by atoms with Gasteiger partial charge in [0.2, 0.25) is 5.91 Å². The van der Waals surface area contributed by atoms with E-state index >= 15 is 0 Å². The van der Waals surface area contributed by atoms with Crippen LogP contribution in [0.4, 0.5) is 5.69 Å². The number of hydrogen-bond acceptors (Lipinski definition) is 4. The van der Waals surface area contributed by atoms with Crippen LogP contribution in [0.2, 0.25) is 0 Å². The molecule has 0 saturated carbocycles. The van der Waals surface area contributed by atoms with Crippen LogP contribution in [0.3, 0.4) is 0 Å². The maximum absolute atomic E-state index is 11.0. The Bertz CT molecular complexity index is 646. The van der Waals surface area contributed by atoms with E-state index in [1.807, 2.05) is 20.9 Å². The summed E-state index contributed by atoms with van der Waals surface area (Å²) in [7, 11) is 1.84. The van der Waals surface area contributed by atoms with E-state index < -0.39 is 5.91 Å². The molecule has 0 radical (unpaired) electrons. The number of nitrogens with zero attached hydrogens (tertiary/aromatic N) is 2. The molecule has 2 rings (SSSR count). The van der Waals surface area contributed by atoms with Gasteiger partial charge in [0.15, 0.2) is 11.5 Å². The molecule has 1 aromatic carbocycles. The van der Waals surface area contributed by atoms with Crippen molar-refractivity contribution >= 4 is 11.6 Å². The van der Waals surface area contributed by atoms with Gasteiger partial charge in [-0.3, -0.25) is 9.48 Å². The van der Waals surface area contributed by atoms with E-state index in [0.29, 0.717) is 22.7 Å². The normalized spacial score (nSPS) is 10.5. The maximum atomic E-state index is 11.0. The van der Waals surface area contributed by atoms with Gasteiger partial charge in [0.05, 0.1) is 11.4 Å². The van der Waals surface area contributed by atoms with Gasteiger partial charge in [-0.15, -0.1) is 0 Å². The molecule has 2 aromatic rings. The predicted molar refractivity (Wildman–Crippen MR) is 72.1 cm³/mol. The number of primary amides is 1. The summed E-state index contributed by atoms with van der Waals surface area (Å²) < 4.78 is 7.50. The first-order valence-electron chi connectivity index (χ1n) is 5.77. The number of aromatic nitrogens is 2. The van der Waals surface area contributed by atoms with Crippen molar-refractivity contribution in [3.63, 3.8) is 0 Å². The SMILES string of the molecule is Cc1nn(C)c(C)c1Oc1ccc(C(N)=O)cc1N. The fraction of sp³-hybridized carbons (Fsp3) is 0.231. The van der Waals surface area contributed by atoms with Crippen LogP contribution in [-0.2, 0) is 7.05 Å². The quantitative estimate of drug-likeness (QED) is 0.817. The molecule has 1 aromatic heterocycles. The minimum absolute atomic E-state index is 0.351. The lowest BCUT2D eigenvalue weighted by Gasteiger charge is -2.09. The Morgan fingerprint density at radius 1 is 1.37 bits per heavy atom. The molecule has 0 aliphatic rings. The molecule has 4 N–H and O–H groups in total. The number of amides is 1. The Hall–Kier alpha value is -2.50. The molecular formula is C13H16N4O2. The van der Waals surface area contributed by atoms with E-state index in [9.17, 15) is 4.79 Å². The number of aryl methyl sites for hydroxylation is 2. The summed E-state index contributed by atoms with van der Waals surface area (Å²) in [6.07, 6.45) is 0. The zero-order valence-electron chi connectivity index (χ0n) is 11.1.